The molecule has 1 atom stereocenters. The summed E-state index contributed by atoms with van der Waals surface area (Å²) in [5.41, 5.74) is 1.21. The first-order valence-corrected chi connectivity index (χ1v) is 6.93. The Morgan fingerprint density at radius 3 is 2.69 bits per heavy atom. The van der Waals surface area contributed by atoms with Gasteiger partial charge < -0.3 is 4.74 Å². The van der Waals surface area contributed by atoms with Gasteiger partial charge in [0.05, 0.1) is 5.69 Å². The molecule has 0 spiro atoms. The average molecular weight is 262 g/mol. The number of alkyl halides is 1. The van der Waals surface area contributed by atoms with Gasteiger partial charge in [-0.2, -0.15) is 0 Å². The van der Waals surface area contributed by atoms with E-state index in [0.29, 0.717) is 5.88 Å². The third-order valence-corrected chi connectivity index (χ3v) is 3.59. The first-order valence-electron chi connectivity index (χ1n) is 5.52. The maximum atomic E-state index is 5.67. The lowest BCUT2D eigenvalue weighted by atomic mass is 9.89. The summed E-state index contributed by atoms with van der Waals surface area (Å²) in [6.45, 7) is 6.50. The van der Waals surface area contributed by atoms with Crippen LogP contribution in [0.25, 0.3) is 0 Å². The summed E-state index contributed by atoms with van der Waals surface area (Å²) in [6.07, 6.45) is 2.01. The predicted molar refractivity (Wildman–Crippen MR) is 70.4 cm³/mol. The highest BCUT2D eigenvalue weighted by Crippen LogP contribution is 2.36. The van der Waals surface area contributed by atoms with Gasteiger partial charge in [0.25, 0.3) is 0 Å². The third kappa shape index (κ3) is 3.72. The van der Waals surface area contributed by atoms with Crippen molar-refractivity contribution >= 4 is 22.9 Å². The number of aryl methyl sites for hydroxylation is 1. The molecular weight excluding hydrogens is 242 g/mol. The fourth-order valence-electron chi connectivity index (χ4n) is 1.63. The van der Waals surface area contributed by atoms with Gasteiger partial charge in [-0.3, -0.25) is 0 Å². The van der Waals surface area contributed by atoms with Crippen molar-refractivity contribution in [3.63, 3.8) is 0 Å². The molecule has 1 unspecified atom stereocenters. The average Bonchev–Trinajstić information content (AvgIpc) is 2.62. The lowest BCUT2D eigenvalue weighted by Crippen LogP contribution is -2.20. The number of aromatic nitrogens is 1. The zero-order chi connectivity index (χ0) is 12.2. The zero-order valence-electron chi connectivity index (χ0n) is 10.4. The molecule has 0 aromatic carbocycles. The minimum atomic E-state index is 0.0715. The highest BCUT2D eigenvalue weighted by atomic mass is 35.5. The summed E-state index contributed by atoms with van der Waals surface area (Å²) >= 11 is 7.35. The second-order valence-electron chi connectivity index (χ2n) is 4.95. The lowest BCUT2D eigenvalue weighted by Gasteiger charge is -2.27. The summed E-state index contributed by atoms with van der Waals surface area (Å²) in [4.78, 5) is 4.62. The van der Waals surface area contributed by atoms with Gasteiger partial charge in [0.15, 0.2) is 0 Å². The van der Waals surface area contributed by atoms with Crippen LogP contribution < -0.4 is 0 Å². The fourth-order valence-corrected chi connectivity index (χ4v) is 2.93. The molecule has 0 fully saturated rings. The summed E-state index contributed by atoms with van der Waals surface area (Å²) in [5.74, 6) is 0.694. The van der Waals surface area contributed by atoms with Gasteiger partial charge in [0.1, 0.15) is 11.1 Å². The van der Waals surface area contributed by atoms with E-state index in [1.54, 1.807) is 18.4 Å². The van der Waals surface area contributed by atoms with E-state index in [0.717, 1.165) is 23.5 Å². The summed E-state index contributed by atoms with van der Waals surface area (Å²) in [6, 6.07) is 0. The summed E-state index contributed by atoms with van der Waals surface area (Å²) < 4.78 is 5.54. The molecule has 0 aliphatic rings. The number of halogens is 1. The molecule has 0 radical (unpaired) electrons. The van der Waals surface area contributed by atoms with Crippen molar-refractivity contribution < 1.29 is 4.74 Å². The Balaban J connectivity index is 2.75. The molecule has 1 aromatic heterocycles. The number of methoxy groups -OCH3 is 1. The number of hydrogen-bond donors (Lipinski definition) is 0. The first-order chi connectivity index (χ1) is 7.49. The third-order valence-electron chi connectivity index (χ3n) is 2.38. The topological polar surface area (TPSA) is 22.1 Å². The monoisotopic (exact) mass is 261 g/mol. The van der Waals surface area contributed by atoms with Crippen molar-refractivity contribution in [2.45, 2.75) is 39.7 Å². The minimum absolute atomic E-state index is 0.0715. The van der Waals surface area contributed by atoms with E-state index in [9.17, 15) is 0 Å². The van der Waals surface area contributed by atoms with E-state index in [1.807, 2.05) is 0 Å². The van der Waals surface area contributed by atoms with Crippen molar-refractivity contribution in [3.05, 3.63) is 16.1 Å². The number of thiazole rings is 1. The first kappa shape index (κ1) is 13.9. The van der Waals surface area contributed by atoms with Gasteiger partial charge in [0.2, 0.25) is 0 Å². The van der Waals surface area contributed by atoms with Gasteiger partial charge in [-0.25, -0.2) is 4.98 Å². The Kier molecular flexibility index (Phi) is 5.22. The minimum Gasteiger partial charge on any atom is -0.374 e. The SMILES string of the molecule is COC(c1nc(CCCCl)cs1)C(C)(C)C. The van der Waals surface area contributed by atoms with Gasteiger partial charge in [0, 0.05) is 18.4 Å². The van der Waals surface area contributed by atoms with Crippen molar-refractivity contribution in [1.82, 2.24) is 4.98 Å². The summed E-state index contributed by atoms with van der Waals surface area (Å²) in [5, 5.41) is 3.18. The van der Waals surface area contributed by atoms with E-state index in [2.05, 4.69) is 31.1 Å². The van der Waals surface area contributed by atoms with Crippen LogP contribution in [0.15, 0.2) is 5.38 Å². The molecule has 0 aliphatic heterocycles. The zero-order valence-corrected chi connectivity index (χ0v) is 12.0. The number of hydrogen-bond acceptors (Lipinski definition) is 3. The van der Waals surface area contributed by atoms with Crippen LogP contribution >= 0.6 is 22.9 Å². The predicted octanol–water partition coefficient (Wildman–Crippen LogP) is 4.05. The highest BCUT2D eigenvalue weighted by molar-refractivity contribution is 7.09. The molecule has 1 heterocycles. The Bertz CT molecular complexity index is 319. The second kappa shape index (κ2) is 5.99. The molecule has 1 rings (SSSR count). The van der Waals surface area contributed by atoms with E-state index < -0.39 is 0 Å². The molecule has 4 heteroatoms. The summed E-state index contributed by atoms with van der Waals surface area (Å²) in [7, 11) is 1.75. The molecule has 16 heavy (non-hydrogen) atoms. The van der Waals surface area contributed by atoms with Crippen molar-refractivity contribution in [2.75, 3.05) is 13.0 Å². The van der Waals surface area contributed by atoms with Crippen LogP contribution in [0.1, 0.15) is 44.0 Å². The maximum Gasteiger partial charge on any atom is 0.122 e. The van der Waals surface area contributed by atoms with Crippen LogP contribution in [0.2, 0.25) is 0 Å². The van der Waals surface area contributed by atoms with Gasteiger partial charge >= 0.3 is 0 Å². The van der Waals surface area contributed by atoms with Crippen LogP contribution in [-0.4, -0.2) is 18.0 Å². The molecule has 2 nitrogen and oxygen atoms in total. The highest BCUT2D eigenvalue weighted by Gasteiger charge is 2.28. The fraction of sp³-hybridized carbons (Fsp3) is 0.750. The Labute approximate surface area is 107 Å². The molecule has 0 N–H and O–H groups in total. The molecule has 1 aromatic rings. The molecule has 0 bridgehead atoms. The van der Waals surface area contributed by atoms with E-state index in [1.165, 1.54) is 0 Å². The van der Waals surface area contributed by atoms with Crippen LogP contribution in [0.5, 0.6) is 0 Å². The van der Waals surface area contributed by atoms with Gasteiger partial charge in [-0.05, 0) is 18.3 Å². The Hall–Kier alpha value is -0.120. The van der Waals surface area contributed by atoms with Gasteiger partial charge in [-0.15, -0.1) is 22.9 Å². The van der Waals surface area contributed by atoms with Gasteiger partial charge in [-0.1, -0.05) is 20.8 Å². The largest absolute Gasteiger partial charge is 0.374 e. The van der Waals surface area contributed by atoms with Crippen LogP contribution in [0.3, 0.4) is 0 Å². The molecule has 0 amide bonds. The van der Waals surface area contributed by atoms with Crippen LogP contribution in [0.4, 0.5) is 0 Å². The molecule has 0 saturated heterocycles. The normalized spacial score (nSPS) is 14.1. The molecular formula is C12H20ClNOS. The maximum absolute atomic E-state index is 5.67. The van der Waals surface area contributed by atoms with Crippen LogP contribution in [0, 0.1) is 5.41 Å². The Morgan fingerprint density at radius 1 is 1.50 bits per heavy atom. The number of ether oxygens (including phenoxy) is 1. The number of rotatable bonds is 5. The van der Waals surface area contributed by atoms with Crippen molar-refractivity contribution in [3.8, 4) is 0 Å². The molecule has 0 aliphatic carbocycles. The second-order valence-corrected chi connectivity index (χ2v) is 6.22. The van der Waals surface area contributed by atoms with E-state index >= 15 is 0 Å². The molecule has 92 valence electrons. The standard InChI is InChI=1S/C12H20ClNOS/c1-12(2,3)10(15-4)11-14-9(8-16-11)6-5-7-13/h8,10H,5-7H2,1-4H3. The van der Waals surface area contributed by atoms with E-state index in [4.69, 9.17) is 16.3 Å². The van der Waals surface area contributed by atoms with E-state index in [-0.39, 0.29) is 11.5 Å². The Morgan fingerprint density at radius 2 is 2.19 bits per heavy atom. The number of nitrogens with zero attached hydrogens (tertiary/aromatic N) is 1. The smallest absolute Gasteiger partial charge is 0.122 e. The van der Waals surface area contributed by atoms with Crippen molar-refractivity contribution in [2.24, 2.45) is 5.41 Å². The molecule has 0 saturated carbocycles. The van der Waals surface area contributed by atoms with Crippen LogP contribution in [-0.2, 0) is 11.2 Å². The quantitative estimate of drug-likeness (QED) is 0.746. The van der Waals surface area contributed by atoms with Crippen molar-refractivity contribution in [1.29, 1.82) is 0 Å². The lowest BCUT2D eigenvalue weighted by molar-refractivity contribution is 0.0149.